The first kappa shape index (κ1) is 11.0. The van der Waals surface area contributed by atoms with Gasteiger partial charge < -0.3 is 4.74 Å². The zero-order valence-electron chi connectivity index (χ0n) is 7.08. The van der Waals surface area contributed by atoms with E-state index in [1.807, 2.05) is 0 Å². The molecule has 0 unspecified atom stereocenters. The van der Waals surface area contributed by atoms with Gasteiger partial charge in [-0.15, -0.1) is 13.2 Å². The molecule has 0 atom stereocenters. The van der Waals surface area contributed by atoms with Crippen LogP contribution in [0.25, 0.3) is 0 Å². The number of rotatable bonds is 2. The molecule has 0 aliphatic carbocycles. The van der Waals surface area contributed by atoms with Crippen molar-refractivity contribution >= 4 is 6.29 Å². The summed E-state index contributed by atoms with van der Waals surface area (Å²) in [6.45, 7) is 0. The van der Waals surface area contributed by atoms with Crippen molar-refractivity contribution in [2.45, 2.75) is 6.36 Å². The molecule has 0 saturated heterocycles. The van der Waals surface area contributed by atoms with Gasteiger partial charge in [-0.1, -0.05) is 0 Å². The summed E-state index contributed by atoms with van der Waals surface area (Å²) in [6.07, 6.45) is -4.55. The molecule has 78 valence electrons. The van der Waals surface area contributed by atoms with Crippen LogP contribution < -0.4 is 4.74 Å². The van der Waals surface area contributed by atoms with Crippen molar-refractivity contribution in [3.05, 3.63) is 23.4 Å². The fraction of sp³-hybridized carbons (Fsp3) is 0.125. The lowest BCUT2D eigenvalue weighted by atomic mass is 10.2. The van der Waals surface area contributed by atoms with Gasteiger partial charge in [0, 0.05) is 6.07 Å². The van der Waals surface area contributed by atoms with E-state index in [9.17, 15) is 18.0 Å². The Balaban J connectivity index is 3.05. The van der Waals surface area contributed by atoms with Crippen molar-refractivity contribution in [1.82, 2.24) is 4.98 Å². The van der Waals surface area contributed by atoms with Crippen LogP contribution in [-0.2, 0) is 0 Å². The Morgan fingerprint density at radius 3 is 2.60 bits per heavy atom. The van der Waals surface area contributed by atoms with Gasteiger partial charge in [-0.3, -0.25) is 4.79 Å². The van der Waals surface area contributed by atoms with E-state index >= 15 is 0 Å². The zero-order chi connectivity index (χ0) is 11.5. The molecule has 0 fully saturated rings. The second-order valence-electron chi connectivity index (χ2n) is 2.36. The minimum atomic E-state index is -4.87. The summed E-state index contributed by atoms with van der Waals surface area (Å²) in [5.74, 6) is -0.773. The molecule has 0 aliphatic heterocycles. The van der Waals surface area contributed by atoms with Crippen LogP contribution >= 0.6 is 0 Å². The molecule has 0 saturated carbocycles. The number of nitrogens with zero attached hydrogens (tertiary/aromatic N) is 2. The third-order valence-electron chi connectivity index (χ3n) is 1.35. The number of aldehydes is 1. The maximum atomic E-state index is 11.7. The summed E-state index contributed by atoms with van der Waals surface area (Å²) >= 11 is 0. The summed E-state index contributed by atoms with van der Waals surface area (Å²) in [7, 11) is 0. The number of pyridine rings is 1. The number of halogens is 3. The maximum Gasteiger partial charge on any atom is 0.574 e. The van der Waals surface area contributed by atoms with Crippen LogP contribution in [0.1, 0.15) is 16.1 Å². The number of alkyl halides is 3. The maximum absolute atomic E-state index is 11.7. The molecule has 1 aromatic rings. The number of hydrogen-bond acceptors (Lipinski definition) is 4. The van der Waals surface area contributed by atoms with Crippen molar-refractivity contribution < 1.29 is 22.7 Å². The highest BCUT2D eigenvalue weighted by atomic mass is 19.4. The van der Waals surface area contributed by atoms with E-state index in [2.05, 4.69) is 9.72 Å². The van der Waals surface area contributed by atoms with Crippen molar-refractivity contribution in [2.24, 2.45) is 0 Å². The van der Waals surface area contributed by atoms with Gasteiger partial charge in [0.1, 0.15) is 6.07 Å². The highest BCUT2D eigenvalue weighted by Gasteiger charge is 2.32. The number of nitriles is 1. The van der Waals surface area contributed by atoms with Gasteiger partial charge in [-0.25, -0.2) is 4.98 Å². The van der Waals surface area contributed by atoms with Crippen LogP contribution in [0.15, 0.2) is 12.1 Å². The van der Waals surface area contributed by atoms with Crippen molar-refractivity contribution in [2.75, 3.05) is 0 Å². The van der Waals surface area contributed by atoms with Gasteiger partial charge in [0.05, 0.1) is 5.56 Å². The third-order valence-corrected chi connectivity index (χ3v) is 1.35. The minimum absolute atomic E-state index is 0.0907. The molecular formula is C8H3F3N2O2. The standard InChI is InChI=1S/C8H3F3N2O2/c9-8(10,11)15-7-2-1-5(4-14)6(3-12)13-7/h1-2,4H. The molecule has 0 N–H and O–H groups in total. The molecular weight excluding hydrogens is 213 g/mol. The van der Waals surface area contributed by atoms with E-state index in [1.54, 1.807) is 0 Å². The largest absolute Gasteiger partial charge is 0.574 e. The van der Waals surface area contributed by atoms with Crippen LogP contribution in [-0.4, -0.2) is 17.6 Å². The van der Waals surface area contributed by atoms with E-state index in [4.69, 9.17) is 5.26 Å². The highest BCUT2D eigenvalue weighted by molar-refractivity contribution is 5.78. The quantitative estimate of drug-likeness (QED) is 0.705. The highest BCUT2D eigenvalue weighted by Crippen LogP contribution is 2.21. The first-order valence-corrected chi connectivity index (χ1v) is 3.58. The molecule has 0 radical (unpaired) electrons. The van der Waals surface area contributed by atoms with E-state index < -0.39 is 17.9 Å². The monoisotopic (exact) mass is 216 g/mol. The number of ether oxygens (including phenoxy) is 1. The molecule has 15 heavy (non-hydrogen) atoms. The first-order valence-electron chi connectivity index (χ1n) is 3.58. The molecule has 0 spiro atoms. The average Bonchev–Trinajstić information content (AvgIpc) is 2.15. The van der Waals surface area contributed by atoms with Crippen molar-refractivity contribution in [3.63, 3.8) is 0 Å². The Hall–Kier alpha value is -2.10. The molecule has 1 rings (SSSR count). The molecule has 4 nitrogen and oxygen atoms in total. The van der Waals surface area contributed by atoms with E-state index in [1.165, 1.54) is 6.07 Å². The molecule has 0 aliphatic rings. The van der Waals surface area contributed by atoms with Crippen LogP contribution in [0.2, 0.25) is 0 Å². The van der Waals surface area contributed by atoms with E-state index in [0.717, 1.165) is 12.1 Å². The third kappa shape index (κ3) is 2.95. The summed E-state index contributed by atoms with van der Waals surface area (Å²) in [6, 6.07) is 3.37. The normalized spacial score (nSPS) is 10.5. The Kier molecular flexibility index (Phi) is 2.90. The van der Waals surface area contributed by atoms with Gasteiger partial charge in [0.2, 0.25) is 5.88 Å². The fourth-order valence-electron chi connectivity index (χ4n) is 0.812. The Bertz CT molecular complexity index is 423. The smallest absolute Gasteiger partial charge is 0.388 e. The van der Waals surface area contributed by atoms with Crippen LogP contribution in [0, 0.1) is 11.3 Å². The molecule has 7 heteroatoms. The Morgan fingerprint density at radius 2 is 2.13 bits per heavy atom. The second-order valence-corrected chi connectivity index (χ2v) is 2.36. The lowest BCUT2D eigenvalue weighted by Crippen LogP contribution is -2.18. The van der Waals surface area contributed by atoms with Gasteiger partial charge >= 0.3 is 6.36 Å². The number of carbonyl (C=O) groups is 1. The lowest BCUT2D eigenvalue weighted by Gasteiger charge is -2.07. The van der Waals surface area contributed by atoms with Gasteiger partial charge in [0.15, 0.2) is 12.0 Å². The first-order chi connectivity index (χ1) is 6.96. The molecule has 1 aromatic heterocycles. The Morgan fingerprint density at radius 1 is 1.47 bits per heavy atom. The summed E-state index contributed by atoms with van der Waals surface area (Å²) < 4.78 is 38.7. The minimum Gasteiger partial charge on any atom is -0.388 e. The molecule has 0 amide bonds. The second kappa shape index (κ2) is 3.96. The summed E-state index contributed by atoms with van der Waals surface area (Å²) in [5, 5.41) is 8.46. The average molecular weight is 216 g/mol. The van der Waals surface area contributed by atoms with Crippen LogP contribution in [0.3, 0.4) is 0 Å². The predicted octanol–water partition coefficient (Wildman–Crippen LogP) is 1.66. The van der Waals surface area contributed by atoms with Crippen molar-refractivity contribution in [3.8, 4) is 11.9 Å². The van der Waals surface area contributed by atoms with Gasteiger partial charge in [0.25, 0.3) is 0 Å². The lowest BCUT2D eigenvalue weighted by molar-refractivity contribution is -0.276. The SMILES string of the molecule is N#Cc1nc(OC(F)(F)F)ccc1C=O. The van der Waals surface area contributed by atoms with Gasteiger partial charge in [-0.05, 0) is 6.07 Å². The van der Waals surface area contributed by atoms with E-state index in [0.29, 0.717) is 6.29 Å². The van der Waals surface area contributed by atoms with E-state index in [-0.39, 0.29) is 5.56 Å². The van der Waals surface area contributed by atoms with Gasteiger partial charge in [-0.2, -0.15) is 5.26 Å². The topological polar surface area (TPSA) is 63.0 Å². The predicted molar refractivity (Wildman–Crippen MR) is 41.0 cm³/mol. The Labute approximate surface area is 81.9 Å². The van der Waals surface area contributed by atoms with Crippen LogP contribution in [0.5, 0.6) is 5.88 Å². The number of aromatic nitrogens is 1. The molecule has 0 bridgehead atoms. The van der Waals surface area contributed by atoms with Crippen LogP contribution in [0.4, 0.5) is 13.2 Å². The molecule has 1 heterocycles. The number of hydrogen-bond donors (Lipinski definition) is 0. The summed E-state index contributed by atoms with van der Waals surface area (Å²) in [4.78, 5) is 13.5. The molecule has 0 aromatic carbocycles. The fourth-order valence-corrected chi connectivity index (χ4v) is 0.812. The summed E-state index contributed by atoms with van der Waals surface area (Å²) in [5.41, 5.74) is -0.501. The zero-order valence-corrected chi connectivity index (χ0v) is 7.08. The van der Waals surface area contributed by atoms with Crippen molar-refractivity contribution in [1.29, 1.82) is 5.26 Å². The number of carbonyl (C=O) groups excluding carboxylic acids is 1.